The van der Waals surface area contributed by atoms with Crippen LogP contribution in [0.1, 0.15) is 6.92 Å². The van der Waals surface area contributed by atoms with Gasteiger partial charge in [-0.15, -0.1) is 0 Å². The van der Waals surface area contributed by atoms with Crippen LogP contribution >= 0.6 is 12.2 Å². The Kier molecular flexibility index (Phi) is 4.86. The van der Waals surface area contributed by atoms with E-state index in [1.807, 2.05) is 18.2 Å². The van der Waals surface area contributed by atoms with Gasteiger partial charge in [0.25, 0.3) is 0 Å². The Morgan fingerprint density at radius 2 is 2.00 bits per heavy atom. The van der Waals surface area contributed by atoms with E-state index in [4.69, 9.17) is 12.2 Å². The summed E-state index contributed by atoms with van der Waals surface area (Å²) in [6.07, 6.45) is -1.10. The second kappa shape index (κ2) is 6.17. The molecule has 0 amide bonds. The van der Waals surface area contributed by atoms with Crippen molar-refractivity contribution in [2.24, 2.45) is 0 Å². The lowest BCUT2D eigenvalue weighted by molar-refractivity contribution is -0.309. The number of aliphatic hydroxyl groups is 1. The largest absolute Gasteiger partial charge is 0.548 e. The molecular formula is C11H13N2O3S-. The van der Waals surface area contributed by atoms with Crippen molar-refractivity contribution in [1.82, 2.24) is 5.32 Å². The Hall–Kier alpha value is -1.66. The Morgan fingerprint density at radius 1 is 1.41 bits per heavy atom. The Labute approximate surface area is 104 Å². The van der Waals surface area contributed by atoms with Crippen LogP contribution in [0.5, 0.6) is 0 Å². The zero-order chi connectivity index (χ0) is 12.8. The third-order valence-electron chi connectivity index (χ3n) is 2.05. The van der Waals surface area contributed by atoms with Gasteiger partial charge in [0.1, 0.15) is 0 Å². The van der Waals surface area contributed by atoms with Crippen molar-refractivity contribution >= 4 is 29.0 Å². The van der Waals surface area contributed by atoms with Crippen LogP contribution < -0.4 is 15.7 Å². The summed E-state index contributed by atoms with van der Waals surface area (Å²) in [4.78, 5) is 10.7. The highest BCUT2D eigenvalue weighted by atomic mass is 32.1. The Bertz CT molecular complexity index is 395. The Morgan fingerprint density at radius 3 is 2.47 bits per heavy atom. The molecule has 0 spiro atoms. The Balaban J connectivity index is 2.57. The first-order chi connectivity index (χ1) is 8.00. The van der Waals surface area contributed by atoms with Gasteiger partial charge in [0.15, 0.2) is 5.11 Å². The number of thiocarbonyl (C=S) groups is 1. The van der Waals surface area contributed by atoms with Crippen molar-refractivity contribution in [1.29, 1.82) is 0 Å². The molecule has 3 N–H and O–H groups in total. The second-order valence-corrected chi connectivity index (χ2v) is 3.91. The van der Waals surface area contributed by atoms with Crippen molar-refractivity contribution in [2.45, 2.75) is 19.1 Å². The lowest BCUT2D eigenvalue weighted by Gasteiger charge is -2.24. The van der Waals surface area contributed by atoms with E-state index in [9.17, 15) is 15.0 Å². The van der Waals surface area contributed by atoms with Gasteiger partial charge in [-0.3, -0.25) is 0 Å². The molecule has 5 nitrogen and oxygen atoms in total. The molecule has 0 radical (unpaired) electrons. The highest BCUT2D eigenvalue weighted by molar-refractivity contribution is 7.80. The van der Waals surface area contributed by atoms with E-state index in [-0.39, 0.29) is 5.11 Å². The highest BCUT2D eigenvalue weighted by Gasteiger charge is 2.16. The molecule has 1 aromatic rings. The lowest BCUT2D eigenvalue weighted by atomic mass is 10.2. The fourth-order valence-electron chi connectivity index (χ4n) is 1.21. The molecule has 0 bridgehead atoms. The molecule has 0 unspecified atom stereocenters. The van der Waals surface area contributed by atoms with Crippen molar-refractivity contribution in [3.8, 4) is 0 Å². The number of nitrogens with one attached hydrogen (secondary N) is 2. The lowest BCUT2D eigenvalue weighted by Crippen LogP contribution is -2.54. The molecule has 0 aliphatic rings. The monoisotopic (exact) mass is 253 g/mol. The second-order valence-electron chi connectivity index (χ2n) is 3.50. The third kappa shape index (κ3) is 4.38. The van der Waals surface area contributed by atoms with Crippen molar-refractivity contribution in [3.63, 3.8) is 0 Å². The number of carboxylic acids is 1. The van der Waals surface area contributed by atoms with Crippen molar-refractivity contribution < 1.29 is 15.0 Å². The van der Waals surface area contributed by atoms with E-state index in [2.05, 4.69) is 10.6 Å². The van der Waals surface area contributed by atoms with Gasteiger partial charge in [0.2, 0.25) is 0 Å². The molecule has 0 heterocycles. The van der Waals surface area contributed by atoms with Crippen molar-refractivity contribution in [3.05, 3.63) is 30.3 Å². The number of anilines is 1. The fourth-order valence-corrected chi connectivity index (χ4v) is 1.45. The van der Waals surface area contributed by atoms with E-state index >= 15 is 0 Å². The van der Waals surface area contributed by atoms with Crippen LogP contribution in [0.2, 0.25) is 0 Å². The minimum absolute atomic E-state index is 0.117. The maximum Gasteiger partial charge on any atom is 0.171 e. The van der Waals surface area contributed by atoms with Crippen LogP contribution in [-0.4, -0.2) is 28.3 Å². The molecule has 17 heavy (non-hydrogen) atoms. The minimum Gasteiger partial charge on any atom is -0.548 e. The average Bonchev–Trinajstić information content (AvgIpc) is 2.26. The van der Waals surface area contributed by atoms with Crippen LogP contribution in [-0.2, 0) is 4.79 Å². The van der Waals surface area contributed by atoms with Crippen LogP contribution in [0.4, 0.5) is 5.69 Å². The van der Waals surface area contributed by atoms with Crippen LogP contribution in [0.15, 0.2) is 30.3 Å². The summed E-state index contributed by atoms with van der Waals surface area (Å²) in [5.74, 6) is -1.41. The predicted octanol–water partition coefficient (Wildman–Crippen LogP) is -0.528. The van der Waals surface area contributed by atoms with Gasteiger partial charge >= 0.3 is 0 Å². The number of hydrogen-bond donors (Lipinski definition) is 3. The van der Waals surface area contributed by atoms with E-state index in [1.54, 1.807) is 12.1 Å². The molecule has 0 fully saturated rings. The van der Waals surface area contributed by atoms with E-state index in [0.717, 1.165) is 5.69 Å². The van der Waals surface area contributed by atoms with Crippen molar-refractivity contribution in [2.75, 3.05) is 5.32 Å². The first-order valence-electron chi connectivity index (χ1n) is 5.02. The molecule has 2 atom stereocenters. The third-order valence-corrected chi connectivity index (χ3v) is 2.27. The molecule has 0 saturated carbocycles. The number of hydrogen-bond acceptors (Lipinski definition) is 4. The molecule has 0 saturated heterocycles. The quantitative estimate of drug-likeness (QED) is 0.626. The van der Waals surface area contributed by atoms with Gasteiger partial charge in [-0.05, 0) is 31.3 Å². The topological polar surface area (TPSA) is 84.4 Å². The summed E-state index contributed by atoms with van der Waals surface area (Å²) < 4.78 is 0. The summed E-state index contributed by atoms with van der Waals surface area (Å²) >= 11 is 4.93. The molecule has 6 heteroatoms. The summed E-state index contributed by atoms with van der Waals surface area (Å²) in [5.41, 5.74) is 0.729. The summed E-state index contributed by atoms with van der Waals surface area (Å²) in [7, 11) is 0. The van der Waals surface area contributed by atoms with Crippen LogP contribution in [0, 0.1) is 0 Å². The van der Waals surface area contributed by atoms with Gasteiger partial charge in [0.05, 0.1) is 18.1 Å². The summed E-state index contributed by atoms with van der Waals surface area (Å²) in [6.45, 7) is 1.35. The number of carboxylic acid groups (broad SMARTS) is 1. The molecule has 92 valence electrons. The number of rotatable bonds is 4. The van der Waals surface area contributed by atoms with Crippen LogP contribution in [0.25, 0.3) is 0 Å². The maximum absolute atomic E-state index is 10.7. The molecule has 0 aliphatic heterocycles. The SMILES string of the molecule is C[C@@H](O)[C@@H](NC(=S)Nc1ccccc1)C(=O)[O-]. The summed E-state index contributed by atoms with van der Waals surface area (Å²) in [6, 6.07) is 7.81. The van der Waals surface area contributed by atoms with E-state index in [1.165, 1.54) is 6.92 Å². The van der Waals surface area contributed by atoms with E-state index in [0.29, 0.717) is 0 Å². The molecule has 0 aliphatic carbocycles. The number of aliphatic hydroxyl groups excluding tert-OH is 1. The fraction of sp³-hybridized carbons (Fsp3) is 0.273. The number of para-hydroxylation sites is 1. The smallest absolute Gasteiger partial charge is 0.171 e. The number of carbonyl (C=O) groups excluding carboxylic acids is 1. The van der Waals surface area contributed by atoms with E-state index < -0.39 is 18.1 Å². The van der Waals surface area contributed by atoms with Gasteiger partial charge in [0, 0.05) is 5.69 Å². The predicted molar refractivity (Wildman–Crippen MR) is 66.3 cm³/mol. The molecular weight excluding hydrogens is 240 g/mol. The average molecular weight is 253 g/mol. The first-order valence-corrected chi connectivity index (χ1v) is 5.43. The zero-order valence-electron chi connectivity index (χ0n) is 9.21. The number of aliphatic carboxylic acids is 1. The minimum atomic E-state index is -1.41. The normalized spacial score (nSPS) is 13.5. The molecule has 1 aromatic carbocycles. The highest BCUT2D eigenvalue weighted by Crippen LogP contribution is 2.04. The van der Waals surface area contributed by atoms with Gasteiger partial charge in [-0.25, -0.2) is 0 Å². The number of benzene rings is 1. The summed E-state index contributed by atoms with van der Waals surface area (Å²) in [5, 5.41) is 25.3. The van der Waals surface area contributed by atoms with Crippen LogP contribution in [0.3, 0.4) is 0 Å². The molecule has 1 rings (SSSR count). The molecule has 0 aromatic heterocycles. The van der Waals surface area contributed by atoms with Gasteiger partial charge in [-0.1, -0.05) is 18.2 Å². The maximum atomic E-state index is 10.7. The number of carbonyl (C=O) groups is 1. The zero-order valence-corrected chi connectivity index (χ0v) is 10.0. The standard InChI is InChI=1S/C11H14N2O3S/c1-7(14)9(10(15)16)13-11(17)12-8-5-3-2-4-6-8/h2-7,9,14H,1H3,(H,15,16)(H2,12,13,17)/p-1/t7-,9-/m1/s1. The van der Waals surface area contributed by atoms with Gasteiger partial charge in [-0.2, -0.15) is 0 Å². The van der Waals surface area contributed by atoms with Gasteiger partial charge < -0.3 is 25.6 Å². The first kappa shape index (κ1) is 13.4.